The van der Waals surface area contributed by atoms with E-state index in [-0.39, 0.29) is 0 Å². The number of aryl methyl sites for hydroxylation is 1. The molecule has 6 nitrogen and oxygen atoms in total. The topological polar surface area (TPSA) is 65.0 Å². The predicted molar refractivity (Wildman–Crippen MR) is 73.9 cm³/mol. The van der Waals surface area contributed by atoms with Crippen molar-refractivity contribution in [3.05, 3.63) is 24.7 Å². The van der Waals surface area contributed by atoms with Gasteiger partial charge in [-0.25, -0.2) is 9.97 Å². The second kappa shape index (κ2) is 4.26. The van der Waals surface area contributed by atoms with Crippen LogP contribution in [0.5, 0.6) is 11.5 Å². The molecule has 6 heteroatoms. The molecule has 0 spiro atoms. The number of nitrogens with zero attached hydrogens (tertiary/aromatic N) is 3. The fourth-order valence-electron chi connectivity index (χ4n) is 2.32. The van der Waals surface area contributed by atoms with Crippen molar-refractivity contribution >= 4 is 11.0 Å². The number of aromatic nitrogens is 4. The number of ether oxygens (including phenoxy) is 2. The first-order chi connectivity index (χ1) is 9.79. The molecule has 102 valence electrons. The standard InChI is InChI=1S/C14H14N4O2/c1-18-7-11(15-8-18)14-16-9-5-12-13(6-10(9)17-14)20-4-2-3-19-12/h5-8H,2-4H2,1H3,(H,16,17). The van der Waals surface area contributed by atoms with E-state index in [4.69, 9.17) is 9.47 Å². The normalized spacial score (nSPS) is 14.4. The third-order valence-corrected chi connectivity index (χ3v) is 3.30. The van der Waals surface area contributed by atoms with Crippen molar-refractivity contribution in [3.63, 3.8) is 0 Å². The van der Waals surface area contributed by atoms with Gasteiger partial charge < -0.3 is 19.0 Å². The lowest BCUT2D eigenvalue weighted by Crippen LogP contribution is -1.97. The van der Waals surface area contributed by atoms with E-state index in [2.05, 4.69) is 15.0 Å². The van der Waals surface area contributed by atoms with E-state index in [0.29, 0.717) is 13.2 Å². The summed E-state index contributed by atoms with van der Waals surface area (Å²) >= 11 is 0. The third kappa shape index (κ3) is 1.80. The van der Waals surface area contributed by atoms with Crippen LogP contribution in [0.2, 0.25) is 0 Å². The first kappa shape index (κ1) is 11.3. The van der Waals surface area contributed by atoms with Gasteiger partial charge in [0.1, 0.15) is 5.69 Å². The molecule has 2 aromatic heterocycles. The molecule has 0 saturated carbocycles. The molecule has 3 aromatic rings. The zero-order valence-corrected chi connectivity index (χ0v) is 11.1. The van der Waals surface area contributed by atoms with Gasteiger partial charge in [0, 0.05) is 31.8 Å². The molecule has 0 fully saturated rings. The van der Waals surface area contributed by atoms with Gasteiger partial charge in [-0.3, -0.25) is 0 Å². The number of aromatic amines is 1. The molecule has 20 heavy (non-hydrogen) atoms. The molecule has 4 rings (SSSR count). The van der Waals surface area contributed by atoms with E-state index < -0.39 is 0 Å². The van der Waals surface area contributed by atoms with Crippen molar-refractivity contribution < 1.29 is 9.47 Å². The quantitative estimate of drug-likeness (QED) is 0.735. The van der Waals surface area contributed by atoms with Gasteiger partial charge >= 0.3 is 0 Å². The van der Waals surface area contributed by atoms with Crippen LogP contribution in [0.15, 0.2) is 24.7 Å². The maximum atomic E-state index is 5.68. The maximum absolute atomic E-state index is 5.68. The second-order valence-electron chi connectivity index (χ2n) is 4.88. The van der Waals surface area contributed by atoms with E-state index >= 15 is 0 Å². The highest BCUT2D eigenvalue weighted by Gasteiger charge is 2.15. The zero-order chi connectivity index (χ0) is 13.5. The van der Waals surface area contributed by atoms with Crippen LogP contribution in [0.1, 0.15) is 6.42 Å². The molecule has 3 heterocycles. The minimum atomic E-state index is 0.677. The van der Waals surface area contributed by atoms with E-state index in [9.17, 15) is 0 Å². The average molecular weight is 270 g/mol. The Morgan fingerprint density at radius 2 is 2.00 bits per heavy atom. The van der Waals surface area contributed by atoms with Crippen molar-refractivity contribution in [1.82, 2.24) is 19.5 Å². The van der Waals surface area contributed by atoms with Crippen molar-refractivity contribution in [1.29, 1.82) is 0 Å². The summed E-state index contributed by atoms with van der Waals surface area (Å²) in [5, 5.41) is 0. The van der Waals surface area contributed by atoms with Gasteiger partial charge in [0.2, 0.25) is 0 Å². The van der Waals surface area contributed by atoms with Gasteiger partial charge in [-0.15, -0.1) is 0 Å². The third-order valence-electron chi connectivity index (χ3n) is 3.30. The summed E-state index contributed by atoms with van der Waals surface area (Å²) in [5.41, 5.74) is 2.60. The fourth-order valence-corrected chi connectivity index (χ4v) is 2.32. The number of rotatable bonds is 1. The molecular weight excluding hydrogens is 256 g/mol. The summed E-state index contributed by atoms with van der Waals surface area (Å²) in [5.74, 6) is 2.28. The number of benzene rings is 1. The van der Waals surface area contributed by atoms with Crippen LogP contribution in [0, 0.1) is 0 Å². The van der Waals surface area contributed by atoms with E-state index in [1.165, 1.54) is 0 Å². The van der Waals surface area contributed by atoms with Crippen LogP contribution in [0.25, 0.3) is 22.6 Å². The Kier molecular flexibility index (Phi) is 2.42. The van der Waals surface area contributed by atoms with E-state index in [0.717, 1.165) is 40.5 Å². The van der Waals surface area contributed by atoms with Gasteiger partial charge in [-0.05, 0) is 0 Å². The largest absolute Gasteiger partial charge is 0.489 e. The molecule has 1 aliphatic heterocycles. The molecule has 0 saturated heterocycles. The van der Waals surface area contributed by atoms with Gasteiger partial charge in [0.25, 0.3) is 0 Å². The SMILES string of the molecule is Cn1cnc(-c2nc3cc4c(cc3[nH]2)OCCCO4)c1. The van der Waals surface area contributed by atoms with Crippen LogP contribution >= 0.6 is 0 Å². The molecule has 1 N–H and O–H groups in total. The van der Waals surface area contributed by atoms with Gasteiger partial charge in [-0.2, -0.15) is 0 Å². The molecule has 0 aliphatic carbocycles. The molecular formula is C14H14N4O2. The Hall–Kier alpha value is -2.50. The summed E-state index contributed by atoms with van der Waals surface area (Å²) in [4.78, 5) is 12.1. The first-order valence-electron chi connectivity index (χ1n) is 6.57. The summed E-state index contributed by atoms with van der Waals surface area (Å²) in [6.45, 7) is 1.36. The van der Waals surface area contributed by atoms with Gasteiger partial charge in [0.15, 0.2) is 17.3 Å². The summed E-state index contributed by atoms with van der Waals surface area (Å²) in [6.07, 6.45) is 4.58. The summed E-state index contributed by atoms with van der Waals surface area (Å²) in [7, 11) is 1.93. The average Bonchev–Trinajstić information content (AvgIpc) is 2.97. The number of fused-ring (bicyclic) bond motifs is 2. The Balaban J connectivity index is 1.83. The molecule has 0 amide bonds. The second-order valence-corrected chi connectivity index (χ2v) is 4.88. The minimum absolute atomic E-state index is 0.677. The van der Waals surface area contributed by atoms with Crippen LogP contribution < -0.4 is 9.47 Å². The van der Waals surface area contributed by atoms with E-state index in [1.54, 1.807) is 6.33 Å². The summed E-state index contributed by atoms with van der Waals surface area (Å²) < 4.78 is 13.3. The smallest absolute Gasteiger partial charge is 0.163 e. The van der Waals surface area contributed by atoms with Crippen molar-refractivity contribution in [2.45, 2.75) is 6.42 Å². The highest BCUT2D eigenvalue weighted by Crippen LogP contribution is 2.34. The van der Waals surface area contributed by atoms with Crippen LogP contribution in [-0.2, 0) is 7.05 Å². The van der Waals surface area contributed by atoms with Crippen molar-refractivity contribution in [2.75, 3.05) is 13.2 Å². The van der Waals surface area contributed by atoms with Crippen LogP contribution in [0.3, 0.4) is 0 Å². The molecule has 0 bridgehead atoms. The lowest BCUT2D eigenvalue weighted by atomic mass is 10.3. The zero-order valence-electron chi connectivity index (χ0n) is 11.1. The summed E-state index contributed by atoms with van der Waals surface area (Å²) in [6, 6.07) is 3.86. The number of nitrogens with one attached hydrogen (secondary N) is 1. The van der Waals surface area contributed by atoms with Crippen LogP contribution in [0.4, 0.5) is 0 Å². The Labute approximate surface area is 115 Å². The number of H-pyrrole nitrogens is 1. The van der Waals surface area contributed by atoms with Crippen molar-refractivity contribution in [3.8, 4) is 23.0 Å². The highest BCUT2D eigenvalue weighted by atomic mass is 16.5. The highest BCUT2D eigenvalue weighted by molar-refractivity contribution is 5.82. The number of hydrogen-bond acceptors (Lipinski definition) is 4. The van der Waals surface area contributed by atoms with Crippen LogP contribution in [-0.4, -0.2) is 32.7 Å². The molecule has 1 aliphatic rings. The minimum Gasteiger partial charge on any atom is -0.489 e. The lowest BCUT2D eigenvalue weighted by molar-refractivity contribution is 0.297. The fraction of sp³-hybridized carbons (Fsp3) is 0.286. The van der Waals surface area contributed by atoms with E-state index in [1.807, 2.05) is 29.9 Å². The first-order valence-corrected chi connectivity index (χ1v) is 6.57. The van der Waals surface area contributed by atoms with Crippen molar-refractivity contribution in [2.24, 2.45) is 7.05 Å². The Morgan fingerprint density at radius 3 is 2.75 bits per heavy atom. The van der Waals surface area contributed by atoms with Gasteiger partial charge in [0.05, 0.1) is 30.6 Å². The lowest BCUT2D eigenvalue weighted by Gasteiger charge is -2.05. The Bertz CT molecular complexity index is 732. The molecule has 0 unspecified atom stereocenters. The molecule has 1 aromatic carbocycles. The number of hydrogen-bond donors (Lipinski definition) is 1. The molecule has 0 atom stereocenters. The monoisotopic (exact) mass is 270 g/mol. The number of imidazole rings is 2. The Morgan fingerprint density at radius 1 is 1.20 bits per heavy atom. The maximum Gasteiger partial charge on any atom is 0.163 e. The molecule has 0 radical (unpaired) electrons. The predicted octanol–water partition coefficient (Wildman–Crippen LogP) is 2.12. The van der Waals surface area contributed by atoms with Gasteiger partial charge in [-0.1, -0.05) is 0 Å².